The summed E-state index contributed by atoms with van der Waals surface area (Å²) in [5.74, 6) is 0.314. The number of benzene rings is 2. The van der Waals surface area contributed by atoms with E-state index in [-0.39, 0.29) is 0 Å². The third-order valence-corrected chi connectivity index (χ3v) is 5.67. The number of thioether (sulfide) groups is 1. The molecule has 0 fully saturated rings. The van der Waals surface area contributed by atoms with Crippen molar-refractivity contribution in [2.75, 3.05) is 17.7 Å². The molecule has 0 saturated carbocycles. The van der Waals surface area contributed by atoms with Crippen LogP contribution in [0.25, 0.3) is 0 Å². The molecule has 0 radical (unpaired) electrons. The van der Waals surface area contributed by atoms with Gasteiger partial charge in [0.25, 0.3) is 0 Å². The summed E-state index contributed by atoms with van der Waals surface area (Å²) in [5, 5.41) is 16.3. The summed E-state index contributed by atoms with van der Waals surface area (Å²) in [6.07, 6.45) is 0. The predicted octanol–water partition coefficient (Wildman–Crippen LogP) is 4.12. The van der Waals surface area contributed by atoms with E-state index in [0.717, 1.165) is 11.4 Å². The van der Waals surface area contributed by atoms with Crippen LogP contribution in [-0.2, 0) is 4.79 Å². The third-order valence-electron chi connectivity index (χ3n) is 3.64. The number of ether oxygens (including phenoxy) is 1. The van der Waals surface area contributed by atoms with Crippen LogP contribution in [0.2, 0.25) is 0 Å². The number of nitrogens with one attached hydrogen (secondary N) is 3. The Labute approximate surface area is 176 Å². The summed E-state index contributed by atoms with van der Waals surface area (Å²) < 4.78 is 5.80. The summed E-state index contributed by atoms with van der Waals surface area (Å²) in [6, 6.07) is 15.8. The van der Waals surface area contributed by atoms with Gasteiger partial charge in [0, 0.05) is 17.4 Å². The molecule has 3 N–H and O–H groups in total. The van der Waals surface area contributed by atoms with Crippen LogP contribution in [0.4, 0.5) is 21.3 Å². The van der Waals surface area contributed by atoms with Crippen molar-refractivity contribution in [2.24, 2.45) is 0 Å². The van der Waals surface area contributed by atoms with Crippen LogP contribution in [0.1, 0.15) is 6.92 Å². The Balaban J connectivity index is 1.51. The molecule has 3 amide bonds. The molecule has 0 aliphatic heterocycles. The van der Waals surface area contributed by atoms with E-state index in [2.05, 4.69) is 26.1 Å². The maximum Gasteiger partial charge on any atom is 0.325 e. The first-order chi connectivity index (χ1) is 14.0. The van der Waals surface area contributed by atoms with Gasteiger partial charge in [-0.2, -0.15) is 0 Å². The van der Waals surface area contributed by atoms with E-state index in [1.54, 1.807) is 38.3 Å². The summed E-state index contributed by atoms with van der Waals surface area (Å²) in [7, 11) is 1.60. The first-order valence-electron chi connectivity index (χ1n) is 8.61. The second-order valence-electron chi connectivity index (χ2n) is 5.80. The average molecular weight is 430 g/mol. The van der Waals surface area contributed by atoms with Crippen molar-refractivity contribution in [3.8, 4) is 5.75 Å². The van der Waals surface area contributed by atoms with Crippen molar-refractivity contribution < 1.29 is 14.3 Å². The molecule has 0 bridgehead atoms. The van der Waals surface area contributed by atoms with E-state index in [4.69, 9.17) is 4.74 Å². The number of para-hydroxylation sites is 1. The molecule has 1 aromatic heterocycles. The SMILES string of the molecule is COc1cccc(Nc2nnc(SC(C)C(=O)NC(=O)Nc3ccccc3)s2)c1. The maximum atomic E-state index is 12.3. The zero-order chi connectivity index (χ0) is 20.6. The van der Waals surface area contributed by atoms with Gasteiger partial charge in [0.05, 0.1) is 12.4 Å². The van der Waals surface area contributed by atoms with Gasteiger partial charge in [-0.05, 0) is 31.2 Å². The number of nitrogens with zero attached hydrogens (tertiary/aromatic N) is 2. The predicted molar refractivity (Wildman–Crippen MR) is 115 cm³/mol. The highest BCUT2D eigenvalue weighted by molar-refractivity contribution is 8.02. The molecule has 0 aliphatic carbocycles. The molecule has 10 heteroatoms. The lowest BCUT2D eigenvalue weighted by Gasteiger charge is -2.10. The Morgan fingerprint density at radius 2 is 1.83 bits per heavy atom. The molecule has 8 nitrogen and oxygen atoms in total. The fraction of sp³-hybridized carbons (Fsp3) is 0.158. The molecule has 0 spiro atoms. The largest absolute Gasteiger partial charge is 0.497 e. The number of aromatic nitrogens is 2. The van der Waals surface area contributed by atoms with Crippen molar-refractivity contribution in [1.82, 2.24) is 15.5 Å². The number of carbonyl (C=O) groups excluding carboxylic acids is 2. The Hall–Kier alpha value is -3.11. The number of urea groups is 1. The number of anilines is 3. The monoisotopic (exact) mass is 429 g/mol. The van der Waals surface area contributed by atoms with Crippen LogP contribution in [0, 0.1) is 0 Å². The second kappa shape index (κ2) is 9.89. The average Bonchev–Trinajstić information content (AvgIpc) is 3.15. The molecule has 1 atom stereocenters. The van der Waals surface area contributed by atoms with Crippen LogP contribution in [0.15, 0.2) is 58.9 Å². The first-order valence-corrected chi connectivity index (χ1v) is 10.3. The van der Waals surface area contributed by atoms with E-state index in [0.29, 0.717) is 15.2 Å². The van der Waals surface area contributed by atoms with Crippen LogP contribution in [0.3, 0.4) is 0 Å². The molecule has 1 unspecified atom stereocenters. The minimum atomic E-state index is -0.578. The third kappa shape index (κ3) is 6.19. The highest BCUT2D eigenvalue weighted by atomic mass is 32.2. The zero-order valence-corrected chi connectivity index (χ0v) is 17.3. The number of hydrogen-bond donors (Lipinski definition) is 3. The molecule has 0 aliphatic rings. The van der Waals surface area contributed by atoms with Gasteiger partial charge < -0.3 is 15.4 Å². The summed E-state index contributed by atoms with van der Waals surface area (Å²) in [6.45, 7) is 1.70. The van der Waals surface area contributed by atoms with Gasteiger partial charge in [0.2, 0.25) is 11.0 Å². The molecular formula is C19H19N5O3S2. The van der Waals surface area contributed by atoms with Gasteiger partial charge in [0.15, 0.2) is 4.34 Å². The van der Waals surface area contributed by atoms with E-state index >= 15 is 0 Å². The molecule has 29 heavy (non-hydrogen) atoms. The van der Waals surface area contributed by atoms with Gasteiger partial charge in [-0.3, -0.25) is 10.1 Å². The van der Waals surface area contributed by atoms with Gasteiger partial charge >= 0.3 is 6.03 Å². The zero-order valence-electron chi connectivity index (χ0n) is 15.7. The van der Waals surface area contributed by atoms with Crippen molar-refractivity contribution in [3.63, 3.8) is 0 Å². The van der Waals surface area contributed by atoms with Crippen molar-refractivity contribution in [3.05, 3.63) is 54.6 Å². The van der Waals surface area contributed by atoms with E-state index in [1.165, 1.54) is 23.1 Å². The number of imide groups is 1. The summed E-state index contributed by atoms with van der Waals surface area (Å²) in [5.41, 5.74) is 1.43. The molecule has 2 aromatic carbocycles. The standard InChI is InChI=1S/C19H19N5O3S2/c1-12(16(25)22-17(26)20-13-7-4-3-5-8-13)28-19-24-23-18(29-19)21-14-9-6-10-15(11-14)27-2/h3-12H,1-2H3,(H,21,23)(H2,20,22,25,26). The normalized spacial score (nSPS) is 11.4. The Morgan fingerprint density at radius 1 is 1.07 bits per heavy atom. The number of amides is 3. The topological polar surface area (TPSA) is 105 Å². The quantitative estimate of drug-likeness (QED) is 0.485. The number of rotatable bonds is 7. The first kappa shape index (κ1) is 20.6. The lowest BCUT2D eigenvalue weighted by Crippen LogP contribution is -2.38. The van der Waals surface area contributed by atoms with E-state index in [1.807, 2.05) is 30.3 Å². The van der Waals surface area contributed by atoms with Crippen LogP contribution >= 0.6 is 23.1 Å². The number of methoxy groups -OCH3 is 1. The molecule has 3 rings (SSSR count). The van der Waals surface area contributed by atoms with Gasteiger partial charge in [-0.1, -0.05) is 47.4 Å². The highest BCUT2D eigenvalue weighted by Gasteiger charge is 2.19. The second-order valence-corrected chi connectivity index (χ2v) is 8.37. The van der Waals surface area contributed by atoms with Crippen LogP contribution < -0.4 is 20.7 Å². The molecule has 1 heterocycles. The van der Waals surface area contributed by atoms with Crippen LogP contribution in [0.5, 0.6) is 5.75 Å². The Morgan fingerprint density at radius 3 is 2.59 bits per heavy atom. The Bertz CT molecular complexity index is 981. The maximum absolute atomic E-state index is 12.3. The number of hydrogen-bond acceptors (Lipinski definition) is 8. The lowest BCUT2D eigenvalue weighted by atomic mass is 10.3. The Kier molecular flexibility index (Phi) is 7.04. The van der Waals surface area contributed by atoms with E-state index in [9.17, 15) is 9.59 Å². The van der Waals surface area contributed by atoms with Gasteiger partial charge in [-0.15, -0.1) is 10.2 Å². The minimum absolute atomic E-state index is 0.416. The smallest absolute Gasteiger partial charge is 0.325 e. The molecule has 3 aromatic rings. The molecule has 0 saturated heterocycles. The minimum Gasteiger partial charge on any atom is -0.497 e. The van der Waals surface area contributed by atoms with Gasteiger partial charge in [-0.25, -0.2) is 4.79 Å². The lowest BCUT2D eigenvalue weighted by molar-refractivity contribution is -0.119. The summed E-state index contributed by atoms with van der Waals surface area (Å²) in [4.78, 5) is 24.2. The summed E-state index contributed by atoms with van der Waals surface area (Å²) >= 11 is 2.54. The van der Waals surface area contributed by atoms with E-state index < -0.39 is 17.2 Å². The fourth-order valence-corrected chi connectivity index (χ4v) is 4.15. The number of carbonyl (C=O) groups is 2. The molecular weight excluding hydrogens is 410 g/mol. The van der Waals surface area contributed by atoms with Crippen molar-refractivity contribution >= 4 is 51.5 Å². The highest BCUT2D eigenvalue weighted by Crippen LogP contribution is 2.31. The molecule has 150 valence electrons. The van der Waals surface area contributed by atoms with Crippen LogP contribution in [-0.4, -0.2) is 34.5 Å². The van der Waals surface area contributed by atoms with Gasteiger partial charge in [0.1, 0.15) is 5.75 Å². The van der Waals surface area contributed by atoms with Crippen molar-refractivity contribution in [1.29, 1.82) is 0 Å². The fourth-order valence-electron chi connectivity index (χ4n) is 2.23. The van der Waals surface area contributed by atoms with Crippen molar-refractivity contribution in [2.45, 2.75) is 16.5 Å².